The van der Waals surface area contributed by atoms with Gasteiger partial charge in [0, 0.05) is 20.1 Å². The Morgan fingerprint density at radius 2 is 1.78 bits per heavy atom. The first-order valence-corrected chi connectivity index (χ1v) is 8.33. The fourth-order valence-electron chi connectivity index (χ4n) is 2.53. The van der Waals surface area contributed by atoms with E-state index >= 15 is 0 Å². The van der Waals surface area contributed by atoms with Crippen LogP contribution in [0.5, 0.6) is 5.75 Å². The Balaban J connectivity index is 0.00000364. The molecule has 0 spiro atoms. The second-order valence-corrected chi connectivity index (χ2v) is 5.73. The molecular formula is C20H26IN3O3. The average Bonchev–Trinajstić information content (AvgIpc) is 2.68. The zero-order valence-corrected chi connectivity index (χ0v) is 18.4. The Morgan fingerprint density at radius 3 is 2.41 bits per heavy atom. The summed E-state index contributed by atoms with van der Waals surface area (Å²) in [6, 6.07) is 13.6. The van der Waals surface area contributed by atoms with E-state index in [1.807, 2.05) is 18.2 Å². The van der Waals surface area contributed by atoms with Crippen LogP contribution in [0.2, 0.25) is 0 Å². The molecule has 0 unspecified atom stereocenters. The van der Waals surface area contributed by atoms with Crippen molar-refractivity contribution >= 4 is 35.9 Å². The molecule has 0 aliphatic heterocycles. The number of rotatable bonds is 6. The third-order valence-electron chi connectivity index (χ3n) is 4.06. The maximum absolute atomic E-state index is 11.9. The lowest BCUT2D eigenvalue weighted by atomic mass is 10.1. The first-order chi connectivity index (χ1) is 12.6. The number of halogens is 1. The normalized spacial score (nSPS) is 10.6. The van der Waals surface area contributed by atoms with Crippen molar-refractivity contribution in [2.45, 2.75) is 20.0 Å². The summed E-state index contributed by atoms with van der Waals surface area (Å²) in [4.78, 5) is 16.1. The molecule has 0 radical (unpaired) electrons. The molecule has 0 bridgehead atoms. The third kappa shape index (κ3) is 6.42. The summed E-state index contributed by atoms with van der Waals surface area (Å²) in [6.45, 7) is 3.28. The van der Waals surface area contributed by atoms with E-state index in [9.17, 15) is 4.79 Å². The van der Waals surface area contributed by atoms with Crippen molar-refractivity contribution < 1.29 is 14.3 Å². The van der Waals surface area contributed by atoms with E-state index in [-0.39, 0.29) is 24.0 Å². The smallest absolute Gasteiger partial charge is 0.341 e. The van der Waals surface area contributed by atoms with Crippen LogP contribution < -0.4 is 15.4 Å². The minimum Gasteiger partial charge on any atom is -0.496 e. The number of aryl methyl sites for hydroxylation is 1. The summed E-state index contributed by atoms with van der Waals surface area (Å²) in [5, 5.41) is 6.53. The number of carbonyl (C=O) groups excluding carboxylic acids is 1. The van der Waals surface area contributed by atoms with Crippen LogP contribution in [-0.4, -0.2) is 33.2 Å². The number of esters is 1. The zero-order chi connectivity index (χ0) is 18.9. The molecule has 2 N–H and O–H groups in total. The number of hydrogen-bond donors (Lipinski definition) is 2. The molecule has 0 atom stereocenters. The second-order valence-electron chi connectivity index (χ2n) is 5.73. The summed E-state index contributed by atoms with van der Waals surface area (Å²) >= 11 is 0. The number of carbonyl (C=O) groups is 1. The Morgan fingerprint density at radius 1 is 1.07 bits per heavy atom. The highest BCUT2D eigenvalue weighted by Crippen LogP contribution is 2.20. The molecule has 0 fully saturated rings. The van der Waals surface area contributed by atoms with Gasteiger partial charge in [-0.05, 0) is 35.7 Å². The molecule has 146 valence electrons. The van der Waals surface area contributed by atoms with Crippen LogP contribution in [0.25, 0.3) is 0 Å². The number of guanidine groups is 1. The van der Waals surface area contributed by atoms with Crippen LogP contribution in [0.4, 0.5) is 0 Å². The van der Waals surface area contributed by atoms with Gasteiger partial charge >= 0.3 is 5.97 Å². The largest absolute Gasteiger partial charge is 0.496 e. The molecule has 0 saturated heterocycles. The number of nitrogens with zero attached hydrogens (tertiary/aromatic N) is 1. The van der Waals surface area contributed by atoms with Crippen LogP contribution in [0, 0.1) is 6.92 Å². The Hall–Kier alpha value is -2.29. The molecule has 7 heteroatoms. The van der Waals surface area contributed by atoms with Gasteiger partial charge in [0.25, 0.3) is 0 Å². The fraction of sp³-hybridized carbons (Fsp3) is 0.300. The van der Waals surface area contributed by atoms with E-state index in [0.29, 0.717) is 30.4 Å². The number of aliphatic imine (C=N–C) groups is 1. The quantitative estimate of drug-likeness (QED) is 0.286. The predicted octanol–water partition coefficient (Wildman–Crippen LogP) is 3.27. The second kappa shape index (κ2) is 11.4. The van der Waals surface area contributed by atoms with Crippen molar-refractivity contribution in [2.24, 2.45) is 4.99 Å². The summed E-state index contributed by atoms with van der Waals surface area (Å²) in [7, 11) is 4.60. The fourth-order valence-corrected chi connectivity index (χ4v) is 2.53. The van der Waals surface area contributed by atoms with Gasteiger partial charge in [-0.2, -0.15) is 0 Å². The lowest BCUT2D eigenvalue weighted by Crippen LogP contribution is -2.36. The van der Waals surface area contributed by atoms with Gasteiger partial charge in [0.05, 0.1) is 14.2 Å². The summed E-state index contributed by atoms with van der Waals surface area (Å²) < 4.78 is 10.0. The highest BCUT2D eigenvalue weighted by atomic mass is 127. The van der Waals surface area contributed by atoms with Crippen molar-refractivity contribution in [3.63, 3.8) is 0 Å². The van der Waals surface area contributed by atoms with E-state index in [4.69, 9.17) is 9.47 Å². The third-order valence-corrected chi connectivity index (χ3v) is 4.06. The molecule has 2 aromatic carbocycles. The summed E-state index contributed by atoms with van der Waals surface area (Å²) in [6.07, 6.45) is 0. The predicted molar refractivity (Wildman–Crippen MR) is 118 cm³/mol. The standard InChI is InChI=1S/C20H25N3O3.HI/c1-14-7-5-6-8-16(14)13-23-20(21-2)22-12-15-9-10-18(25-3)17(11-15)19(24)26-4;/h5-11H,12-13H2,1-4H3,(H2,21,22,23);1H. The molecule has 27 heavy (non-hydrogen) atoms. The van der Waals surface area contributed by atoms with Crippen LogP contribution in [-0.2, 0) is 17.8 Å². The molecule has 6 nitrogen and oxygen atoms in total. The summed E-state index contributed by atoms with van der Waals surface area (Å²) in [5.74, 6) is 0.747. The molecule has 2 rings (SSSR count). The van der Waals surface area contributed by atoms with Crippen molar-refractivity contribution in [2.75, 3.05) is 21.3 Å². The van der Waals surface area contributed by atoms with Crippen molar-refractivity contribution in [1.29, 1.82) is 0 Å². The Bertz CT molecular complexity index is 794. The number of nitrogens with one attached hydrogen (secondary N) is 2. The first kappa shape index (κ1) is 22.8. The monoisotopic (exact) mass is 483 g/mol. The molecule has 0 amide bonds. The van der Waals surface area contributed by atoms with E-state index in [0.717, 1.165) is 5.56 Å². The minimum absolute atomic E-state index is 0. The SMILES string of the molecule is CN=C(NCc1ccc(OC)c(C(=O)OC)c1)NCc1ccccc1C.I. The van der Waals surface area contributed by atoms with Crippen LogP contribution >= 0.6 is 24.0 Å². The molecule has 0 heterocycles. The number of benzene rings is 2. The Kier molecular flexibility index (Phi) is 9.63. The highest BCUT2D eigenvalue weighted by molar-refractivity contribution is 14.0. The van der Waals surface area contributed by atoms with E-state index in [1.54, 1.807) is 19.2 Å². The molecular weight excluding hydrogens is 457 g/mol. The van der Waals surface area contributed by atoms with Crippen molar-refractivity contribution in [3.8, 4) is 5.75 Å². The van der Waals surface area contributed by atoms with E-state index < -0.39 is 5.97 Å². The summed E-state index contributed by atoms with van der Waals surface area (Å²) in [5.41, 5.74) is 3.77. The van der Waals surface area contributed by atoms with E-state index in [2.05, 4.69) is 34.7 Å². The molecule has 0 aliphatic rings. The molecule has 0 aromatic heterocycles. The van der Waals surface area contributed by atoms with Crippen LogP contribution in [0.1, 0.15) is 27.0 Å². The number of methoxy groups -OCH3 is 2. The molecule has 2 aromatic rings. The lowest BCUT2D eigenvalue weighted by molar-refractivity contribution is 0.0597. The van der Waals surface area contributed by atoms with Gasteiger partial charge in [-0.15, -0.1) is 24.0 Å². The van der Waals surface area contributed by atoms with Gasteiger partial charge in [0.2, 0.25) is 0 Å². The van der Waals surface area contributed by atoms with Gasteiger partial charge in [-0.25, -0.2) is 4.79 Å². The van der Waals surface area contributed by atoms with E-state index in [1.165, 1.54) is 25.3 Å². The van der Waals surface area contributed by atoms with Gasteiger partial charge in [0.1, 0.15) is 11.3 Å². The Labute approximate surface area is 177 Å². The van der Waals surface area contributed by atoms with Gasteiger partial charge in [-0.1, -0.05) is 30.3 Å². The van der Waals surface area contributed by atoms with Crippen LogP contribution in [0.3, 0.4) is 0 Å². The maximum Gasteiger partial charge on any atom is 0.341 e. The zero-order valence-electron chi connectivity index (χ0n) is 16.0. The highest BCUT2D eigenvalue weighted by Gasteiger charge is 2.13. The topological polar surface area (TPSA) is 72.0 Å². The van der Waals surface area contributed by atoms with Crippen molar-refractivity contribution in [3.05, 3.63) is 64.7 Å². The average molecular weight is 483 g/mol. The van der Waals surface area contributed by atoms with Crippen LogP contribution in [0.15, 0.2) is 47.5 Å². The van der Waals surface area contributed by atoms with Gasteiger partial charge in [-0.3, -0.25) is 4.99 Å². The van der Waals surface area contributed by atoms with Gasteiger partial charge in [0.15, 0.2) is 5.96 Å². The number of ether oxygens (including phenoxy) is 2. The molecule has 0 aliphatic carbocycles. The molecule has 0 saturated carbocycles. The van der Waals surface area contributed by atoms with Crippen molar-refractivity contribution in [1.82, 2.24) is 10.6 Å². The minimum atomic E-state index is -0.425. The van der Waals surface area contributed by atoms with Gasteiger partial charge < -0.3 is 20.1 Å². The maximum atomic E-state index is 11.9. The number of hydrogen-bond acceptors (Lipinski definition) is 4. The lowest BCUT2D eigenvalue weighted by Gasteiger charge is -2.14. The first-order valence-electron chi connectivity index (χ1n) is 8.33.